The van der Waals surface area contributed by atoms with E-state index in [0.29, 0.717) is 5.41 Å². The smallest absolute Gasteiger partial charge is 0.00151 e. The highest BCUT2D eigenvalue weighted by Gasteiger charge is 2.44. The Labute approximate surface area is 70.6 Å². The molecule has 0 saturated heterocycles. The fourth-order valence-electron chi connectivity index (χ4n) is 1.47. The molecule has 11 heavy (non-hydrogen) atoms. The van der Waals surface area contributed by atoms with E-state index in [1.165, 1.54) is 19.5 Å². The Kier molecular flexibility index (Phi) is 2.58. The minimum Gasteiger partial charge on any atom is -0.316 e. The van der Waals surface area contributed by atoms with E-state index in [-0.39, 0.29) is 0 Å². The summed E-state index contributed by atoms with van der Waals surface area (Å²) in [5.41, 5.74) is 0.643. The summed E-state index contributed by atoms with van der Waals surface area (Å²) in [6, 6.07) is 0. The van der Waals surface area contributed by atoms with Crippen LogP contribution in [0.3, 0.4) is 0 Å². The van der Waals surface area contributed by atoms with Crippen molar-refractivity contribution in [1.29, 1.82) is 0 Å². The van der Waals surface area contributed by atoms with Crippen LogP contribution < -0.4 is 5.32 Å². The van der Waals surface area contributed by atoms with E-state index < -0.39 is 0 Å². The zero-order valence-corrected chi connectivity index (χ0v) is 8.28. The molecule has 0 aliphatic heterocycles. The minimum atomic E-state index is 0.643. The van der Waals surface area contributed by atoms with Gasteiger partial charge in [0.15, 0.2) is 0 Å². The molecule has 1 atom stereocenters. The van der Waals surface area contributed by atoms with Gasteiger partial charge in [0.1, 0.15) is 0 Å². The summed E-state index contributed by atoms with van der Waals surface area (Å²) in [4.78, 5) is 0. The van der Waals surface area contributed by atoms with Crippen LogP contribution in [-0.2, 0) is 0 Å². The normalized spacial score (nSPS) is 27.5. The van der Waals surface area contributed by atoms with E-state index in [2.05, 4.69) is 33.0 Å². The number of hydrogen-bond acceptors (Lipinski definition) is 1. The van der Waals surface area contributed by atoms with Crippen LogP contribution in [0.25, 0.3) is 0 Å². The fraction of sp³-hybridized carbons (Fsp3) is 1.00. The highest BCUT2D eigenvalue weighted by molar-refractivity contribution is 4.95. The Morgan fingerprint density at radius 3 is 2.36 bits per heavy atom. The predicted molar refractivity (Wildman–Crippen MR) is 49.6 cm³/mol. The van der Waals surface area contributed by atoms with Gasteiger partial charge in [0.05, 0.1) is 0 Å². The maximum absolute atomic E-state index is 3.50. The zero-order valence-electron chi connectivity index (χ0n) is 8.28. The molecule has 0 aromatic carbocycles. The summed E-state index contributed by atoms with van der Waals surface area (Å²) in [5, 5.41) is 3.50. The molecule has 0 bridgehead atoms. The first-order valence-electron chi connectivity index (χ1n) is 4.73. The molecule has 0 spiro atoms. The van der Waals surface area contributed by atoms with E-state index in [1.54, 1.807) is 0 Å². The topological polar surface area (TPSA) is 12.0 Å². The molecule has 0 heterocycles. The summed E-state index contributed by atoms with van der Waals surface area (Å²) in [7, 11) is 0. The molecule has 0 aromatic rings. The average molecular weight is 155 g/mol. The Balaban J connectivity index is 1.98. The van der Waals surface area contributed by atoms with E-state index in [1.807, 2.05) is 0 Å². The van der Waals surface area contributed by atoms with Gasteiger partial charge in [0, 0.05) is 0 Å². The molecule has 1 unspecified atom stereocenters. The number of rotatable bonds is 4. The summed E-state index contributed by atoms with van der Waals surface area (Å²) >= 11 is 0. The summed E-state index contributed by atoms with van der Waals surface area (Å²) < 4.78 is 0. The molecule has 1 aliphatic rings. The van der Waals surface area contributed by atoms with Gasteiger partial charge in [-0.3, -0.25) is 0 Å². The first-order valence-corrected chi connectivity index (χ1v) is 4.73. The lowest BCUT2D eigenvalue weighted by Gasteiger charge is -2.07. The second kappa shape index (κ2) is 3.14. The van der Waals surface area contributed by atoms with Gasteiger partial charge in [0.25, 0.3) is 0 Å². The minimum absolute atomic E-state index is 0.643. The number of nitrogens with one attached hydrogen (secondary N) is 1. The molecule has 0 radical (unpaired) electrons. The Hall–Kier alpha value is -0.0400. The van der Waals surface area contributed by atoms with Crippen LogP contribution >= 0.6 is 0 Å². The number of hydrogen-bond donors (Lipinski definition) is 1. The van der Waals surface area contributed by atoms with Crippen molar-refractivity contribution in [1.82, 2.24) is 5.32 Å². The Bertz CT molecular complexity index is 127. The predicted octanol–water partition coefficient (Wildman–Crippen LogP) is 2.28. The van der Waals surface area contributed by atoms with Gasteiger partial charge in [0.2, 0.25) is 0 Å². The maximum atomic E-state index is 3.50. The molecular formula is C10H21N. The molecule has 1 nitrogen and oxygen atoms in total. The van der Waals surface area contributed by atoms with Gasteiger partial charge < -0.3 is 5.32 Å². The molecule has 1 N–H and O–H groups in total. The van der Waals surface area contributed by atoms with Gasteiger partial charge in [-0.25, -0.2) is 0 Å². The van der Waals surface area contributed by atoms with Crippen molar-refractivity contribution >= 4 is 0 Å². The highest BCUT2D eigenvalue weighted by Crippen LogP contribution is 2.50. The van der Waals surface area contributed by atoms with Crippen molar-refractivity contribution in [2.45, 2.75) is 34.1 Å². The van der Waals surface area contributed by atoms with Crippen LogP contribution in [0.15, 0.2) is 0 Å². The molecule has 1 fully saturated rings. The first kappa shape index (κ1) is 9.05. The molecule has 1 aliphatic carbocycles. The van der Waals surface area contributed by atoms with Gasteiger partial charge in [-0.1, -0.05) is 27.7 Å². The molecular weight excluding hydrogens is 134 g/mol. The lowest BCUT2D eigenvalue weighted by molar-refractivity contribution is 0.487. The Morgan fingerprint density at radius 2 is 2.00 bits per heavy atom. The average Bonchev–Trinajstić information content (AvgIpc) is 2.39. The van der Waals surface area contributed by atoms with Crippen molar-refractivity contribution in [3.05, 3.63) is 0 Å². The van der Waals surface area contributed by atoms with Crippen LogP contribution in [-0.4, -0.2) is 13.1 Å². The standard InChI is InChI=1S/C10H21N/c1-8(2)6-11-7-9-5-10(9,3)4/h8-9,11H,5-7H2,1-4H3. The third-order valence-electron chi connectivity index (χ3n) is 2.66. The van der Waals surface area contributed by atoms with Gasteiger partial charge in [-0.05, 0) is 36.8 Å². The van der Waals surface area contributed by atoms with Crippen molar-refractivity contribution in [3.63, 3.8) is 0 Å². The lowest BCUT2D eigenvalue weighted by atomic mass is 10.1. The monoisotopic (exact) mass is 155 g/mol. The van der Waals surface area contributed by atoms with E-state index >= 15 is 0 Å². The van der Waals surface area contributed by atoms with Crippen molar-refractivity contribution in [2.24, 2.45) is 17.3 Å². The zero-order chi connectivity index (χ0) is 8.48. The summed E-state index contributed by atoms with van der Waals surface area (Å²) in [6.45, 7) is 11.6. The van der Waals surface area contributed by atoms with Crippen LogP contribution in [0.1, 0.15) is 34.1 Å². The fourth-order valence-corrected chi connectivity index (χ4v) is 1.47. The van der Waals surface area contributed by atoms with E-state index in [0.717, 1.165) is 11.8 Å². The summed E-state index contributed by atoms with van der Waals surface area (Å²) in [6.07, 6.45) is 1.41. The summed E-state index contributed by atoms with van der Waals surface area (Å²) in [5.74, 6) is 1.73. The van der Waals surface area contributed by atoms with Crippen molar-refractivity contribution in [3.8, 4) is 0 Å². The van der Waals surface area contributed by atoms with Crippen LogP contribution in [0, 0.1) is 17.3 Å². The molecule has 66 valence electrons. The van der Waals surface area contributed by atoms with Crippen LogP contribution in [0.2, 0.25) is 0 Å². The van der Waals surface area contributed by atoms with Gasteiger partial charge >= 0.3 is 0 Å². The molecule has 1 saturated carbocycles. The highest BCUT2D eigenvalue weighted by atomic mass is 14.9. The maximum Gasteiger partial charge on any atom is -0.00151 e. The SMILES string of the molecule is CC(C)CNCC1CC1(C)C. The van der Waals surface area contributed by atoms with Crippen LogP contribution in [0.4, 0.5) is 0 Å². The lowest BCUT2D eigenvalue weighted by Crippen LogP contribution is -2.23. The molecule has 0 aromatic heterocycles. The molecule has 0 amide bonds. The second-order valence-electron chi connectivity index (χ2n) is 4.94. The first-order chi connectivity index (χ1) is 5.02. The van der Waals surface area contributed by atoms with Gasteiger partial charge in [-0.2, -0.15) is 0 Å². The van der Waals surface area contributed by atoms with Crippen molar-refractivity contribution < 1.29 is 0 Å². The van der Waals surface area contributed by atoms with E-state index in [4.69, 9.17) is 0 Å². The second-order valence-corrected chi connectivity index (χ2v) is 4.94. The van der Waals surface area contributed by atoms with Crippen molar-refractivity contribution in [2.75, 3.05) is 13.1 Å². The molecule has 1 rings (SSSR count). The third-order valence-corrected chi connectivity index (χ3v) is 2.66. The quantitative estimate of drug-likeness (QED) is 0.656. The third kappa shape index (κ3) is 2.82. The van der Waals surface area contributed by atoms with Crippen LogP contribution in [0.5, 0.6) is 0 Å². The van der Waals surface area contributed by atoms with E-state index in [9.17, 15) is 0 Å². The Morgan fingerprint density at radius 1 is 1.45 bits per heavy atom. The largest absolute Gasteiger partial charge is 0.316 e. The van der Waals surface area contributed by atoms with Gasteiger partial charge in [-0.15, -0.1) is 0 Å². The molecule has 1 heteroatoms.